The molecule has 0 aliphatic rings. The van der Waals surface area contributed by atoms with Crippen molar-refractivity contribution in [3.05, 3.63) is 30.1 Å². The van der Waals surface area contributed by atoms with E-state index >= 15 is 0 Å². The van der Waals surface area contributed by atoms with Gasteiger partial charge in [-0.3, -0.25) is 0 Å². The monoisotopic (exact) mass is 324 g/mol. The van der Waals surface area contributed by atoms with Gasteiger partial charge in [0.1, 0.15) is 11.4 Å². The lowest BCUT2D eigenvalue weighted by Crippen LogP contribution is -1.88. The highest BCUT2D eigenvalue weighted by atomic mass is 33.1. The number of aromatic nitrogens is 2. The molecule has 0 saturated carbocycles. The molecule has 0 N–H and O–H groups in total. The Hall–Kier alpha value is -1.47. The SMILES string of the molecule is CCC(C)SSc1nnc(-c2cc3cc(F)ccc3o2)o1. The molecule has 3 aromatic rings. The lowest BCUT2D eigenvalue weighted by molar-refractivity contribution is 0.453. The van der Waals surface area contributed by atoms with E-state index in [0.717, 1.165) is 6.42 Å². The normalized spacial score (nSPS) is 12.9. The molecule has 1 atom stereocenters. The van der Waals surface area contributed by atoms with E-state index in [9.17, 15) is 4.39 Å². The molecule has 0 aliphatic heterocycles. The Bertz CT molecular complexity index is 756. The smallest absolute Gasteiger partial charge is 0.287 e. The molecule has 0 spiro atoms. The van der Waals surface area contributed by atoms with Crippen molar-refractivity contribution in [3.63, 3.8) is 0 Å². The summed E-state index contributed by atoms with van der Waals surface area (Å²) >= 11 is 0. The molecule has 1 unspecified atom stereocenters. The summed E-state index contributed by atoms with van der Waals surface area (Å²) in [4.78, 5) is 0. The first kappa shape index (κ1) is 14.5. The van der Waals surface area contributed by atoms with Gasteiger partial charge in [0, 0.05) is 21.4 Å². The van der Waals surface area contributed by atoms with E-state index in [0.29, 0.717) is 33.1 Å². The Morgan fingerprint density at radius 3 is 2.90 bits per heavy atom. The zero-order valence-electron chi connectivity index (χ0n) is 11.5. The summed E-state index contributed by atoms with van der Waals surface area (Å²) in [5, 5.41) is 9.62. The predicted octanol–water partition coefficient (Wildman–Crippen LogP) is 5.16. The molecule has 0 radical (unpaired) electrons. The Balaban J connectivity index is 1.81. The Labute approximate surface area is 128 Å². The summed E-state index contributed by atoms with van der Waals surface area (Å²) in [6.07, 6.45) is 1.08. The molecule has 21 heavy (non-hydrogen) atoms. The van der Waals surface area contributed by atoms with Gasteiger partial charge in [-0.1, -0.05) is 29.7 Å². The van der Waals surface area contributed by atoms with Gasteiger partial charge in [0.15, 0.2) is 5.76 Å². The number of nitrogens with zero attached hydrogens (tertiary/aromatic N) is 2. The highest BCUT2D eigenvalue weighted by molar-refractivity contribution is 8.76. The summed E-state index contributed by atoms with van der Waals surface area (Å²) in [5.41, 5.74) is 0.591. The Morgan fingerprint density at radius 2 is 2.10 bits per heavy atom. The van der Waals surface area contributed by atoms with Gasteiger partial charge in [0.25, 0.3) is 11.1 Å². The first-order chi connectivity index (χ1) is 10.2. The summed E-state index contributed by atoms with van der Waals surface area (Å²) in [6, 6.07) is 6.04. The fourth-order valence-electron chi connectivity index (χ4n) is 1.65. The maximum atomic E-state index is 13.2. The maximum absolute atomic E-state index is 13.2. The first-order valence-corrected chi connectivity index (χ1v) is 8.73. The van der Waals surface area contributed by atoms with Gasteiger partial charge in [0.05, 0.1) is 0 Å². The van der Waals surface area contributed by atoms with Crippen molar-refractivity contribution in [2.24, 2.45) is 0 Å². The van der Waals surface area contributed by atoms with Crippen LogP contribution in [0, 0.1) is 5.82 Å². The lowest BCUT2D eigenvalue weighted by atomic mass is 10.2. The zero-order chi connectivity index (χ0) is 14.8. The lowest BCUT2D eigenvalue weighted by Gasteiger charge is -2.02. The second-order valence-corrected chi connectivity index (χ2v) is 7.15. The van der Waals surface area contributed by atoms with E-state index in [-0.39, 0.29) is 5.82 Å². The number of benzene rings is 1. The minimum atomic E-state index is -0.304. The fourth-order valence-corrected chi connectivity index (χ4v) is 3.57. The highest BCUT2D eigenvalue weighted by Crippen LogP contribution is 2.36. The predicted molar refractivity (Wildman–Crippen MR) is 82.7 cm³/mol. The van der Waals surface area contributed by atoms with Crippen LogP contribution in [0.15, 0.2) is 38.3 Å². The van der Waals surface area contributed by atoms with Gasteiger partial charge >= 0.3 is 0 Å². The molecular formula is C14H13FN2O2S2. The third-order valence-electron chi connectivity index (χ3n) is 2.95. The number of furan rings is 1. The molecule has 0 bridgehead atoms. The molecule has 7 heteroatoms. The first-order valence-electron chi connectivity index (χ1n) is 6.52. The van der Waals surface area contributed by atoms with Crippen LogP contribution >= 0.6 is 21.6 Å². The van der Waals surface area contributed by atoms with E-state index in [4.69, 9.17) is 8.83 Å². The number of hydrogen-bond acceptors (Lipinski definition) is 6. The third-order valence-corrected chi connectivity index (χ3v) is 5.72. The molecule has 4 nitrogen and oxygen atoms in total. The van der Waals surface area contributed by atoms with Crippen LogP contribution in [-0.4, -0.2) is 15.4 Å². The van der Waals surface area contributed by atoms with Crippen molar-refractivity contribution in [1.29, 1.82) is 0 Å². The molecule has 110 valence electrons. The van der Waals surface area contributed by atoms with Crippen LogP contribution < -0.4 is 0 Å². The topological polar surface area (TPSA) is 52.1 Å². The Kier molecular flexibility index (Phi) is 4.21. The molecule has 0 fully saturated rings. The van der Waals surface area contributed by atoms with E-state index in [2.05, 4.69) is 24.0 Å². The van der Waals surface area contributed by atoms with Crippen LogP contribution in [0.1, 0.15) is 20.3 Å². The summed E-state index contributed by atoms with van der Waals surface area (Å²) in [6.45, 7) is 4.27. The quantitative estimate of drug-likeness (QED) is 0.604. The molecule has 2 aromatic heterocycles. The van der Waals surface area contributed by atoms with Gasteiger partial charge in [-0.05, 0) is 30.7 Å². The maximum Gasteiger partial charge on any atom is 0.287 e. The van der Waals surface area contributed by atoms with E-state index in [1.165, 1.54) is 22.9 Å². The van der Waals surface area contributed by atoms with E-state index in [1.54, 1.807) is 22.9 Å². The minimum absolute atomic E-state index is 0.304. The average molecular weight is 324 g/mol. The van der Waals surface area contributed by atoms with Crippen molar-refractivity contribution in [1.82, 2.24) is 10.2 Å². The van der Waals surface area contributed by atoms with Gasteiger partial charge < -0.3 is 8.83 Å². The van der Waals surface area contributed by atoms with Crippen LogP contribution in [0.4, 0.5) is 4.39 Å². The highest BCUT2D eigenvalue weighted by Gasteiger charge is 2.15. The van der Waals surface area contributed by atoms with Gasteiger partial charge in [-0.2, -0.15) is 0 Å². The van der Waals surface area contributed by atoms with E-state index in [1.807, 2.05) is 0 Å². The summed E-state index contributed by atoms with van der Waals surface area (Å²) in [5.74, 6) is 0.448. The number of halogens is 1. The van der Waals surface area contributed by atoms with Crippen molar-refractivity contribution in [2.75, 3.05) is 0 Å². The minimum Gasteiger partial charge on any atom is -0.451 e. The second-order valence-electron chi connectivity index (χ2n) is 4.56. The molecule has 1 aromatic carbocycles. The van der Waals surface area contributed by atoms with Crippen LogP contribution in [0.25, 0.3) is 22.6 Å². The van der Waals surface area contributed by atoms with E-state index < -0.39 is 0 Å². The fraction of sp³-hybridized carbons (Fsp3) is 0.286. The molecule has 0 aliphatic carbocycles. The average Bonchev–Trinajstić information content (AvgIpc) is 3.10. The van der Waals surface area contributed by atoms with Crippen LogP contribution in [0.5, 0.6) is 0 Å². The summed E-state index contributed by atoms with van der Waals surface area (Å²) in [7, 11) is 3.14. The third kappa shape index (κ3) is 3.24. The van der Waals surface area contributed by atoms with Gasteiger partial charge in [-0.15, -0.1) is 5.10 Å². The van der Waals surface area contributed by atoms with Crippen molar-refractivity contribution >= 4 is 32.6 Å². The van der Waals surface area contributed by atoms with Gasteiger partial charge in [0.2, 0.25) is 0 Å². The standard InChI is InChI=1S/C14H13FN2O2S2/c1-3-8(2)20-21-14-17-16-13(19-14)12-7-9-6-10(15)4-5-11(9)18-12/h4-8H,3H2,1-2H3. The van der Waals surface area contributed by atoms with Crippen molar-refractivity contribution in [3.8, 4) is 11.7 Å². The molecular weight excluding hydrogens is 311 g/mol. The number of hydrogen-bond donors (Lipinski definition) is 0. The Morgan fingerprint density at radius 1 is 1.24 bits per heavy atom. The number of rotatable bonds is 5. The number of fused-ring (bicyclic) bond motifs is 1. The molecule has 3 rings (SSSR count). The van der Waals surface area contributed by atoms with Crippen molar-refractivity contribution < 1.29 is 13.2 Å². The molecule has 0 saturated heterocycles. The molecule has 2 heterocycles. The van der Waals surface area contributed by atoms with Crippen molar-refractivity contribution in [2.45, 2.75) is 30.7 Å². The van der Waals surface area contributed by atoms with Crippen LogP contribution in [0.3, 0.4) is 0 Å². The largest absolute Gasteiger partial charge is 0.451 e. The molecule has 0 amide bonds. The van der Waals surface area contributed by atoms with Crippen LogP contribution in [-0.2, 0) is 0 Å². The van der Waals surface area contributed by atoms with Gasteiger partial charge in [-0.25, -0.2) is 4.39 Å². The summed E-state index contributed by atoms with van der Waals surface area (Å²) < 4.78 is 24.3. The zero-order valence-corrected chi connectivity index (χ0v) is 13.1. The second kappa shape index (κ2) is 6.11. The van der Waals surface area contributed by atoms with Crippen LogP contribution in [0.2, 0.25) is 0 Å².